The number of carbonyl (C=O) groups excluding carboxylic acids is 1. The third-order valence-electron chi connectivity index (χ3n) is 4.56. The molecule has 1 aliphatic carbocycles. The molecular weight excluding hydrogens is 304 g/mol. The molecular formula is C15H25ClN4O2. The molecule has 3 rings (SSSR count). The molecule has 0 radical (unpaired) electrons. The van der Waals surface area contributed by atoms with Crippen LogP contribution in [-0.2, 0) is 4.79 Å². The second-order valence-electron chi connectivity index (χ2n) is 6.70. The minimum Gasteiger partial charge on any atom is -0.344 e. The van der Waals surface area contributed by atoms with Crippen LogP contribution in [0.2, 0.25) is 0 Å². The van der Waals surface area contributed by atoms with Crippen LogP contribution in [0.1, 0.15) is 57.3 Å². The highest BCUT2D eigenvalue weighted by atomic mass is 35.5. The molecule has 2 fully saturated rings. The molecule has 0 bridgehead atoms. The Bertz CT molecular complexity index is 511. The second-order valence-corrected chi connectivity index (χ2v) is 6.70. The standard InChI is InChI=1S/C15H24N4O2.ClH/c1-8(2)12(15-18-13(19-21-15)10-4-5-10)17-14(20)9(3)11-6-16-7-11;/h8-12,16H,4-7H2,1-3H3,(H,17,20);1H. The number of nitrogens with zero attached hydrogens (tertiary/aromatic N) is 2. The lowest BCUT2D eigenvalue weighted by Crippen LogP contribution is -2.50. The molecule has 124 valence electrons. The van der Waals surface area contributed by atoms with Crippen LogP contribution in [0.5, 0.6) is 0 Å². The first-order valence-electron chi connectivity index (χ1n) is 7.91. The van der Waals surface area contributed by atoms with Gasteiger partial charge in [-0.2, -0.15) is 4.98 Å². The van der Waals surface area contributed by atoms with Gasteiger partial charge in [0.15, 0.2) is 5.82 Å². The van der Waals surface area contributed by atoms with Crippen LogP contribution in [0.15, 0.2) is 4.52 Å². The Morgan fingerprint density at radius 2 is 2.00 bits per heavy atom. The van der Waals surface area contributed by atoms with Gasteiger partial charge in [-0.15, -0.1) is 12.4 Å². The molecule has 22 heavy (non-hydrogen) atoms. The molecule has 2 atom stereocenters. The van der Waals surface area contributed by atoms with Gasteiger partial charge in [-0.25, -0.2) is 0 Å². The fourth-order valence-electron chi connectivity index (χ4n) is 2.56. The Balaban J connectivity index is 0.00000176. The molecule has 2 aliphatic rings. The van der Waals surface area contributed by atoms with Crippen molar-refractivity contribution in [1.29, 1.82) is 0 Å². The summed E-state index contributed by atoms with van der Waals surface area (Å²) in [5.41, 5.74) is 0. The molecule has 1 aromatic rings. The number of aromatic nitrogens is 2. The Kier molecular flexibility index (Phi) is 5.45. The van der Waals surface area contributed by atoms with Crippen molar-refractivity contribution in [1.82, 2.24) is 20.8 Å². The normalized spacial score (nSPS) is 20.9. The molecule has 1 aliphatic heterocycles. The fraction of sp³-hybridized carbons (Fsp3) is 0.800. The molecule has 6 nitrogen and oxygen atoms in total. The molecule has 2 heterocycles. The minimum absolute atomic E-state index is 0. The molecule has 1 saturated heterocycles. The Labute approximate surface area is 137 Å². The van der Waals surface area contributed by atoms with Gasteiger partial charge in [0.2, 0.25) is 11.8 Å². The average molecular weight is 329 g/mol. The van der Waals surface area contributed by atoms with E-state index in [0.29, 0.717) is 17.7 Å². The SMILES string of the molecule is CC(C)C(NC(=O)C(C)C1CNC1)c1nc(C2CC2)no1.Cl. The van der Waals surface area contributed by atoms with Crippen LogP contribution >= 0.6 is 12.4 Å². The van der Waals surface area contributed by atoms with Crippen LogP contribution in [-0.4, -0.2) is 29.1 Å². The van der Waals surface area contributed by atoms with Crippen LogP contribution in [0.25, 0.3) is 0 Å². The Morgan fingerprint density at radius 3 is 2.50 bits per heavy atom. The van der Waals surface area contributed by atoms with Gasteiger partial charge < -0.3 is 15.2 Å². The van der Waals surface area contributed by atoms with Gasteiger partial charge in [0, 0.05) is 11.8 Å². The predicted octanol–water partition coefficient (Wildman–Crippen LogP) is 2.04. The summed E-state index contributed by atoms with van der Waals surface area (Å²) in [6.07, 6.45) is 2.28. The number of hydrogen-bond acceptors (Lipinski definition) is 5. The summed E-state index contributed by atoms with van der Waals surface area (Å²) < 4.78 is 5.38. The number of halogens is 1. The van der Waals surface area contributed by atoms with Gasteiger partial charge in [0.05, 0.1) is 0 Å². The van der Waals surface area contributed by atoms with Gasteiger partial charge >= 0.3 is 0 Å². The molecule has 2 unspecified atom stereocenters. The highest BCUT2D eigenvalue weighted by Gasteiger charge is 2.34. The van der Waals surface area contributed by atoms with Crippen LogP contribution in [0.4, 0.5) is 0 Å². The monoisotopic (exact) mass is 328 g/mol. The quantitative estimate of drug-likeness (QED) is 0.835. The highest BCUT2D eigenvalue weighted by Crippen LogP contribution is 2.38. The number of amides is 1. The zero-order valence-corrected chi connectivity index (χ0v) is 14.2. The molecule has 7 heteroatoms. The number of carbonyl (C=O) groups is 1. The maximum atomic E-state index is 12.4. The van der Waals surface area contributed by atoms with E-state index in [1.54, 1.807) is 0 Å². The van der Waals surface area contributed by atoms with Gasteiger partial charge in [0.25, 0.3) is 0 Å². The lowest BCUT2D eigenvalue weighted by Gasteiger charge is -2.32. The summed E-state index contributed by atoms with van der Waals surface area (Å²) in [5.74, 6) is 2.53. The fourth-order valence-corrected chi connectivity index (χ4v) is 2.56. The Hall–Kier alpha value is -1.14. The van der Waals surface area contributed by atoms with Crippen molar-refractivity contribution in [2.75, 3.05) is 13.1 Å². The van der Waals surface area contributed by atoms with Crippen molar-refractivity contribution < 1.29 is 9.32 Å². The molecule has 1 saturated carbocycles. The van der Waals surface area contributed by atoms with Gasteiger partial charge in [0.1, 0.15) is 6.04 Å². The van der Waals surface area contributed by atoms with Crippen molar-refractivity contribution in [3.63, 3.8) is 0 Å². The number of hydrogen-bond donors (Lipinski definition) is 2. The van der Waals surface area contributed by atoms with E-state index in [9.17, 15) is 4.79 Å². The van der Waals surface area contributed by atoms with Crippen LogP contribution in [0.3, 0.4) is 0 Å². The van der Waals surface area contributed by atoms with E-state index in [-0.39, 0.29) is 36.2 Å². The van der Waals surface area contributed by atoms with E-state index in [1.165, 1.54) is 0 Å². The number of nitrogens with one attached hydrogen (secondary N) is 2. The van der Waals surface area contributed by atoms with Crippen molar-refractivity contribution in [3.05, 3.63) is 11.7 Å². The van der Waals surface area contributed by atoms with E-state index >= 15 is 0 Å². The lowest BCUT2D eigenvalue weighted by molar-refractivity contribution is -0.128. The first-order chi connectivity index (χ1) is 10.1. The molecule has 1 aromatic heterocycles. The van der Waals surface area contributed by atoms with Gasteiger partial charge in [-0.1, -0.05) is 25.9 Å². The topological polar surface area (TPSA) is 80.0 Å². The first-order valence-corrected chi connectivity index (χ1v) is 7.91. The van der Waals surface area contributed by atoms with Crippen molar-refractivity contribution in [2.45, 2.75) is 45.6 Å². The number of rotatable bonds is 6. The lowest BCUT2D eigenvalue weighted by atomic mass is 9.88. The van der Waals surface area contributed by atoms with E-state index < -0.39 is 0 Å². The van der Waals surface area contributed by atoms with Gasteiger partial charge in [-0.05, 0) is 37.8 Å². The third kappa shape index (κ3) is 3.60. The highest BCUT2D eigenvalue weighted by molar-refractivity contribution is 5.85. The molecule has 1 amide bonds. The second kappa shape index (κ2) is 6.96. The zero-order chi connectivity index (χ0) is 15.0. The first kappa shape index (κ1) is 17.2. The summed E-state index contributed by atoms with van der Waals surface area (Å²) in [6, 6.07) is -0.201. The summed E-state index contributed by atoms with van der Waals surface area (Å²) in [4.78, 5) is 16.9. The van der Waals surface area contributed by atoms with E-state index in [0.717, 1.165) is 31.8 Å². The largest absolute Gasteiger partial charge is 0.344 e. The van der Waals surface area contributed by atoms with E-state index in [1.807, 2.05) is 6.92 Å². The van der Waals surface area contributed by atoms with Crippen molar-refractivity contribution in [3.8, 4) is 0 Å². The summed E-state index contributed by atoms with van der Waals surface area (Å²) in [5, 5.41) is 10.3. The predicted molar refractivity (Wildman–Crippen MR) is 84.8 cm³/mol. The van der Waals surface area contributed by atoms with Crippen LogP contribution in [0, 0.1) is 17.8 Å². The van der Waals surface area contributed by atoms with E-state index in [4.69, 9.17) is 4.52 Å². The Morgan fingerprint density at radius 1 is 1.32 bits per heavy atom. The maximum Gasteiger partial charge on any atom is 0.249 e. The smallest absolute Gasteiger partial charge is 0.249 e. The molecule has 2 N–H and O–H groups in total. The molecule has 0 spiro atoms. The molecule has 0 aromatic carbocycles. The van der Waals surface area contributed by atoms with Crippen LogP contribution < -0.4 is 10.6 Å². The summed E-state index contributed by atoms with van der Waals surface area (Å²) in [6.45, 7) is 7.95. The zero-order valence-electron chi connectivity index (χ0n) is 13.3. The van der Waals surface area contributed by atoms with Crippen molar-refractivity contribution >= 4 is 18.3 Å². The minimum atomic E-state index is -0.201. The maximum absolute atomic E-state index is 12.4. The van der Waals surface area contributed by atoms with Gasteiger partial charge in [-0.3, -0.25) is 4.79 Å². The summed E-state index contributed by atoms with van der Waals surface area (Å²) >= 11 is 0. The van der Waals surface area contributed by atoms with E-state index in [2.05, 4.69) is 34.6 Å². The van der Waals surface area contributed by atoms with Crippen molar-refractivity contribution in [2.24, 2.45) is 17.8 Å². The average Bonchev–Trinajstić information content (AvgIpc) is 3.12. The third-order valence-corrected chi connectivity index (χ3v) is 4.56. The summed E-state index contributed by atoms with van der Waals surface area (Å²) in [7, 11) is 0.